The smallest absolute Gasteiger partial charge is 0.367 e. The molecule has 2 nitrogen and oxygen atoms in total. The lowest BCUT2D eigenvalue weighted by Crippen LogP contribution is -2.71. The number of rotatable bonds is 6. The van der Waals surface area contributed by atoms with Gasteiger partial charge < -0.3 is 9.84 Å². The van der Waals surface area contributed by atoms with Crippen molar-refractivity contribution in [3.8, 4) is 0 Å². The van der Waals surface area contributed by atoms with E-state index in [1.165, 1.54) is 0 Å². The van der Waals surface area contributed by atoms with Crippen LogP contribution in [-0.4, -0.2) is 53.0 Å². The van der Waals surface area contributed by atoms with Gasteiger partial charge in [-0.3, -0.25) is 0 Å². The van der Waals surface area contributed by atoms with Crippen LogP contribution in [0.3, 0.4) is 0 Å². The molecule has 1 fully saturated rings. The molecule has 156 valence electrons. The van der Waals surface area contributed by atoms with E-state index in [4.69, 9.17) is 5.11 Å². The first-order chi connectivity index (χ1) is 11.3. The number of hydrogen-bond acceptors (Lipinski definition) is 2. The fraction of sp³-hybridized carbons (Fsp3) is 1.00. The number of hydrogen-bond donors (Lipinski definition) is 1. The van der Waals surface area contributed by atoms with Crippen molar-refractivity contribution in [1.82, 2.24) is 0 Å². The Labute approximate surface area is 142 Å². The van der Waals surface area contributed by atoms with Gasteiger partial charge in [0, 0.05) is 6.61 Å². The van der Waals surface area contributed by atoms with Gasteiger partial charge in [0.05, 0.1) is 5.92 Å². The molecule has 0 unspecified atom stereocenters. The molecule has 0 aromatic rings. The Morgan fingerprint density at radius 2 is 1.15 bits per heavy atom. The second kappa shape index (κ2) is 6.47. The molecule has 0 bridgehead atoms. The highest BCUT2D eigenvalue weighted by molar-refractivity contribution is 6.22. The Morgan fingerprint density at radius 3 is 1.54 bits per heavy atom. The normalized spacial score (nSPS) is 24.7. The lowest BCUT2D eigenvalue weighted by Gasteiger charge is -2.43. The molecule has 0 radical (unpaired) electrons. The van der Waals surface area contributed by atoms with Crippen LogP contribution in [0.1, 0.15) is 12.8 Å². The quantitative estimate of drug-likeness (QED) is 0.481. The minimum Gasteiger partial charge on any atom is -0.367 e. The fourth-order valence-electron chi connectivity index (χ4n) is 2.14. The maximum Gasteiger partial charge on any atom is 0.393 e. The lowest BCUT2D eigenvalue weighted by molar-refractivity contribution is -0.428. The third kappa shape index (κ3) is 3.11. The van der Waals surface area contributed by atoms with Gasteiger partial charge in [-0.1, -0.05) is 0 Å². The van der Waals surface area contributed by atoms with Gasteiger partial charge in [0.15, 0.2) is 6.29 Å². The SMILES string of the molecule is O[C@H]1OCCC[C@H]1C(F)(F)C(F)(F)C(F)(F)C(F)(F)C(F)(F)C(F)(F)Cl. The van der Waals surface area contributed by atoms with Crippen LogP contribution in [0, 0.1) is 5.92 Å². The van der Waals surface area contributed by atoms with Crippen LogP contribution in [0.2, 0.25) is 0 Å². The van der Waals surface area contributed by atoms with Crippen LogP contribution in [-0.2, 0) is 4.74 Å². The van der Waals surface area contributed by atoms with Gasteiger partial charge in [0.25, 0.3) is 0 Å². The van der Waals surface area contributed by atoms with E-state index < -0.39 is 66.7 Å². The fourth-order valence-corrected chi connectivity index (χ4v) is 2.26. The summed E-state index contributed by atoms with van der Waals surface area (Å²) in [6.07, 6.45) is -4.44. The summed E-state index contributed by atoms with van der Waals surface area (Å²) in [5.74, 6) is -39.4. The Morgan fingerprint density at radius 1 is 0.731 bits per heavy atom. The van der Waals surface area contributed by atoms with E-state index in [0.717, 1.165) is 0 Å². The van der Waals surface area contributed by atoms with Gasteiger partial charge in [-0.05, 0) is 24.4 Å². The molecule has 1 heterocycles. The van der Waals surface area contributed by atoms with Gasteiger partial charge >= 0.3 is 35.0 Å². The monoisotopic (exact) mass is 436 g/mol. The van der Waals surface area contributed by atoms with E-state index >= 15 is 0 Å². The van der Waals surface area contributed by atoms with Crippen molar-refractivity contribution in [2.45, 2.75) is 54.1 Å². The van der Waals surface area contributed by atoms with Crippen LogP contribution in [0.5, 0.6) is 0 Å². The largest absolute Gasteiger partial charge is 0.393 e. The number of alkyl halides is 13. The number of halogens is 13. The van der Waals surface area contributed by atoms with Crippen LogP contribution in [0.25, 0.3) is 0 Å². The second-order valence-electron chi connectivity index (χ2n) is 5.43. The van der Waals surface area contributed by atoms with Gasteiger partial charge in [0.1, 0.15) is 0 Å². The van der Waals surface area contributed by atoms with Gasteiger partial charge in [-0.2, -0.15) is 52.7 Å². The summed E-state index contributed by atoms with van der Waals surface area (Å²) in [4.78, 5) is 0. The molecular weight excluding hydrogens is 428 g/mol. The standard InChI is InChI=1S/C11H9ClF12O2/c12-11(23,24)10(21,22)9(19,20)8(17,18)7(15,16)6(13,14)4-2-1-3-26-5(4)25/h4-5,25H,1-3H2/t4-,5+/m1/s1. The third-order valence-corrected chi connectivity index (χ3v) is 3.95. The first-order valence-electron chi connectivity index (χ1n) is 6.52. The lowest BCUT2D eigenvalue weighted by atomic mass is 9.84. The summed E-state index contributed by atoms with van der Waals surface area (Å²) in [7, 11) is 0. The molecule has 1 rings (SSSR count). The maximum absolute atomic E-state index is 13.8. The summed E-state index contributed by atoms with van der Waals surface area (Å²) < 4.78 is 162. The molecule has 1 saturated heterocycles. The molecule has 15 heteroatoms. The van der Waals surface area contributed by atoms with Crippen molar-refractivity contribution in [3.05, 3.63) is 0 Å². The summed E-state index contributed by atoms with van der Waals surface area (Å²) in [5.41, 5.74) is 0. The molecule has 0 amide bonds. The molecule has 1 aliphatic rings. The van der Waals surface area contributed by atoms with Gasteiger partial charge in [-0.25, -0.2) is 0 Å². The topological polar surface area (TPSA) is 29.5 Å². The minimum absolute atomic E-state index is 0.470. The van der Waals surface area contributed by atoms with Crippen molar-refractivity contribution in [2.24, 2.45) is 5.92 Å². The molecule has 0 aromatic carbocycles. The molecule has 1 N–H and O–H groups in total. The molecule has 26 heavy (non-hydrogen) atoms. The zero-order valence-electron chi connectivity index (χ0n) is 12.0. The average molecular weight is 437 g/mol. The van der Waals surface area contributed by atoms with Crippen molar-refractivity contribution in [1.29, 1.82) is 0 Å². The molecule has 0 saturated carbocycles. The maximum atomic E-state index is 13.8. The molecule has 0 aromatic heterocycles. The Kier molecular flexibility index (Phi) is 5.82. The van der Waals surface area contributed by atoms with Crippen LogP contribution in [0.4, 0.5) is 52.7 Å². The average Bonchev–Trinajstić information content (AvgIpc) is 2.45. The summed E-state index contributed by atoms with van der Waals surface area (Å²) >= 11 is 3.56. The number of aliphatic hydroxyl groups excluding tert-OH is 1. The Hall–Kier alpha value is -0.630. The first kappa shape index (κ1) is 23.4. The zero-order chi connectivity index (χ0) is 21.0. The highest BCUT2D eigenvalue weighted by Crippen LogP contribution is 2.62. The molecular formula is C11H9ClF12O2. The summed E-state index contributed by atoms with van der Waals surface area (Å²) in [5, 5.41) is 2.59. The minimum atomic E-state index is -7.70. The van der Waals surface area contributed by atoms with Crippen molar-refractivity contribution >= 4 is 11.6 Å². The van der Waals surface area contributed by atoms with Gasteiger partial charge in [0.2, 0.25) is 0 Å². The van der Waals surface area contributed by atoms with Crippen LogP contribution in [0.15, 0.2) is 0 Å². The molecule has 0 aliphatic carbocycles. The van der Waals surface area contributed by atoms with Crippen molar-refractivity contribution < 1.29 is 62.5 Å². The predicted octanol–water partition coefficient (Wildman–Crippen LogP) is 4.74. The van der Waals surface area contributed by atoms with Crippen molar-refractivity contribution in [2.75, 3.05) is 6.61 Å². The van der Waals surface area contributed by atoms with Crippen LogP contribution < -0.4 is 0 Å². The van der Waals surface area contributed by atoms with E-state index in [0.29, 0.717) is 0 Å². The van der Waals surface area contributed by atoms with E-state index in [1.807, 2.05) is 0 Å². The zero-order valence-corrected chi connectivity index (χ0v) is 12.8. The second-order valence-corrected chi connectivity index (χ2v) is 5.90. The highest BCUT2D eigenvalue weighted by Gasteiger charge is 2.90. The molecule has 2 atom stereocenters. The van der Waals surface area contributed by atoms with Gasteiger partial charge in [-0.15, -0.1) is 0 Å². The molecule has 1 aliphatic heterocycles. The highest BCUT2D eigenvalue weighted by atomic mass is 35.5. The van der Waals surface area contributed by atoms with E-state index in [2.05, 4.69) is 16.3 Å². The third-order valence-electron chi connectivity index (χ3n) is 3.72. The first-order valence-corrected chi connectivity index (χ1v) is 6.90. The predicted molar refractivity (Wildman–Crippen MR) is 60.2 cm³/mol. The molecule has 0 spiro atoms. The Balaban J connectivity index is 3.43. The number of ether oxygens (including phenoxy) is 1. The van der Waals surface area contributed by atoms with Crippen LogP contribution >= 0.6 is 11.6 Å². The van der Waals surface area contributed by atoms with E-state index in [-0.39, 0.29) is 0 Å². The summed E-state index contributed by atoms with van der Waals surface area (Å²) in [6.45, 7) is -0.470. The van der Waals surface area contributed by atoms with E-state index in [9.17, 15) is 52.7 Å². The Bertz CT molecular complexity index is 518. The number of aliphatic hydroxyl groups is 1. The van der Waals surface area contributed by atoms with E-state index in [1.54, 1.807) is 0 Å². The van der Waals surface area contributed by atoms with Crippen molar-refractivity contribution in [3.63, 3.8) is 0 Å². The summed E-state index contributed by atoms with van der Waals surface area (Å²) in [6, 6.07) is 0.